The summed E-state index contributed by atoms with van der Waals surface area (Å²) in [5, 5.41) is 10.1. The van der Waals surface area contributed by atoms with Gasteiger partial charge in [0.1, 0.15) is 11.5 Å². The molecule has 13 heavy (non-hydrogen) atoms. The first-order valence-electron chi connectivity index (χ1n) is 3.52. The Hall–Kier alpha value is -1.36. The van der Waals surface area contributed by atoms with Crippen molar-refractivity contribution in [2.75, 3.05) is 0 Å². The van der Waals surface area contributed by atoms with Crippen LogP contribution in [-0.4, -0.2) is 20.0 Å². The van der Waals surface area contributed by atoms with Crippen LogP contribution in [0.5, 0.6) is 0 Å². The molecule has 8 heteroatoms. The quantitative estimate of drug-likeness (QED) is 0.630. The molecule has 7 nitrogen and oxygen atoms in total. The van der Waals surface area contributed by atoms with Gasteiger partial charge >= 0.3 is 7.75 Å². The van der Waals surface area contributed by atoms with E-state index in [-0.39, 0.29) is 0 Å². The van der Waals surface area contributed by atoms with Crippen LogP contribution in [-0.2, 0) is 13.6 Å². The topological polar surface area (TPSA) is 79.1 Å². The molecule has 0 spiro atoms. The van der Waals surface area contributed by atoms with Gasteiger partial charge in [0.05, 0.1) is 0 Å². The molecule has 0 N–H and O–H groups in total. The first kappa shape index (κ1) is 8.25. The van der Waals surface area contributed by atoms with Crippen molar-refractivity contribution in [2.45, 2.75) is 13.8 Å². The molecule has 0 bridgehead atoms. The minimum absolute atomic E-state index is 0.485. The monoisotopic (exact) mass is 202 g/mol. The van der Waals surface area contributed by atoms with E-state index in [1.807, 2.05) is 0 Å². The van der Waals surface area contributed by atoms with Gasteiger partial charge in [-0.2, -0.15) is 0 Å². The van der Waals surface area contributed by atoms with Crippen molar-refractivity contribution in [2.24, 2.45) is 0 Å². The molecule has 1 aromatic heterocycles. The molecular weight excluding hydrogens is 195 g/mol. The zero-order valence-electron chi connectivity index (χ0n) is 7.04. The Morgan fingerprint density at radius 1 is 1.38 bits per heavy atom. The van der Waals surface area contributed by atoms with Crippen LogP contribution in [0.15, 0.2) is 17.8 Å². The summed E-state index contributed by atoms with van der Waals surface area (Å²) in [4.78, 5) is 0. The second-order valence-electron chi connectivity index (χ2n) is 2.49. The number of rotatable bonds is 1. The average Bonchev–Trinajstić information content (AvgIpc) is 2.61. The van der Waals surface area contributed by atoms with E-state index in [4.69, 9.17) is 9.05 Å². The Bertz CT molecular complexity index is 380. The van der Waals surface area contributed by atoms with Crippen molar-refractivity contribution in [3.05, 3.63) is 17.8 Å². The Kier molecular flexibility index (Phi) is 1.63. The molecule has 0 fully saturated rings. The average molecular weight is 202 g/mol. The molecular formula is C5H7N4O3P. The first-order valence-corrected chi connectivity index (χ1v) is 5.02. The highest BCUT2D eigenvalue weighted by Crippen LogP contribution is 2.57. The zero-order valence-corrected chi connectivity index (χ0v) is 7.93. The number of hydrogen-bond donors (Lipinski definition) is 0. The summed E-state index contributed by atoms with van der Waals surface area (Å²) in [6, 6.07) is 0. The van der Waals surface area contributed by atoms with E-state index >= 15 is 0 Å². The Morgan fingerprint density at radius 3 is 2.46 bits per heavy atom. The molecule has 0 radical (unpaired) electrons. The van der Waals surface area contributed by atoms with E-state index in [0.717, 1.165) is 4.45 Å². The van der Waals surface area contributed by atoms with Gasteiger partial charge in [0.25, 0.3) is 0 Å². The van der Waals surface area contributed by atoms with Gasteiger partial charge in [0, 0.05) is 0 Å². The molecule has 0 amide bonds. The van der Waals surface area contributed by atoms with E-state index in [9.17, 15) is 4.57 Å². The Morgan fingerprint density at radius 2 is 2.00 bits per heavy atom. The summed E-state index contributed by atoms with van der Waals surface area (Å²) in [5.41, 5.74) is 0. The van der Waals surface area contributed by atoms with Crippen LogP contribution in [0.3, 0.4) is 0 Å². The number of nitrogens with zero attached hydrogens (tertiary/aromatic N) is 4. The number of hydrogen-bond acceptors (Lipinski definition) is 6. The third-order valence-electron chi connectivity index (χ3n) is 1.59. The number of tetrazole rings is 1. The van der Waals surface area contributed by atoms with Crippen LogP contribution in [0.1, 0.15) is 13.8 Å². The highest BCUT2D eigenvalue weighted by Gasteiger charge is 2.39. The molecule has 1 aliphatic heterocycles. The highest BCUT2D eigenvalue weighted by atomic mass is 31.2. The van der Waals surface area contributed by atoms with Gasteiger partial charge in [-0.1, -0.05) is 0 Å². The molecule has 1 aromatic rings. The number of allylic oxidation sites excluding steroid dienone is 2. The van der Waals surface area contributed by atoms with Gasteiger partial charge in [0.2, 0.25) is 0 Å². The van der Waals surface area contributed by atoms with Gasteiger partial charge in [-0.05, 0) is 24.3 Å². The fourth-order valence-corrected chi connectivity index (χ4v) is 2.31. The van der Waals surface area contributed by atoms with Crippen LogP contribution in [0.4, 0.5) is 0 Å². The molecule has 2 heterocycles. The van der Waals surface area contributed by atoms with Crippen molar-refractivity contribution in [1.82, 2.24) is 20.0 Å². The smallest absolute Gasteiger partial charge is 0.400 e. The van der Waals surface area contributed by atoms with Gasteiger partial charge in [0.15, 0.2) is 6.33 Å². The van der Waals surface area contributed by atoms with Crippen molar-refractivity contribution < 1.29 is 13.6 Å². The maximum atomic E-state index is 11.8. The van der Waals surface area contributed by atoms with E-state index < -0.39 is 7.75 Å². The third kappa shape index (κ3) is 1.21. The minimum atomic E-state index is -3.38. The maximum Gasteiger partial charge on any atom is 0.566 e. The van der Waals surface area contributed by atoms with Gasteiger partial charge in [-0.25, -0.2) is 4.57 Å². The largest absolute Gasteiger partial charge is 0.566 e. The van der Waals surface area contributed by atoms with E-state index in [1.165, 1.54) is 6.33 Å². The normalized spacial score (nSPS) is 19.8. The molecule has 0 unspecified atom stereocenters. The SMILES string of the molecule is CC1=C(C)OP(=O)(n2cnnn2)O1. The summed E-state index contributed by atoms with van der Waals surface area (Å²) in [6.45, 7) is 3.33. The van der Waals surface area contributed by atoms with Gasteiger partial charge in [-0.15, -0.1) is 9.55 Å². The predicted molar refractivity (Wildman–Crippen MR) is 41.4 cm³/mol. The molecule has 0 aliphatic carbocycles. The highest BCUT2D eigenvalue weighted by molar-refractivity contribution is 7.52. The zero-order chi connectivity index (χ0) is 9.47. The molecule has 0 saturated carbocycles. The summed E-state index contributed by atoms with van der Waals surface area (Å²) in [5.74, 6) is 0.970. The third-order valence-corrected chi connectivity index (χ3v) is 3.28. The second kappa shape index (κ2) is 2.56. The summed E-state index contributed by atoms with van der Waals surface area (Å²) >= 11 is 0. The lowest BCUT2D eigenvalue weighted by Gasteiger charge is -2.07. The van der Waals surface area contributed by atoms with Gasteiger partial charge < -0.3 is 9.05 Å². The lowest BCUT2D eigenvalue weighted by molar-refractivity contribution is 0.335. The van der Waals surface area contributed by atoms with Crippen LogP contribution in [0.25, 0.3) is 0 Å². The van der Waals surface area contributed by atoms with Crippen molar-refractivity contribution >= 4 is 7.75 Å². The second-order valence-corrected chi connectivity index (χ2v) is 4.21. The molecule has 0 saturated heterocycles. The Labute approximate surface area is 73.9 Å². The Balaban J connectivity index is 2.34. The summed E-state index contributed by atoms with van der Waals surface area (Å²) < 4.78 is 22.9. The van der Waals surface area contributed by atoms with Crippen molar-refractivity contribution in [1.29, 1.82) is 0 Å². The maximum absolute atomic E-state index is 11.8. The molecule has 70 valence electrons. The summed E-state index contributed by atoms with van der Waals surface area (Å²) in [7, 11) is -3.38. The van der Waals surface area contributed by atoms with Crippen LogP contribution < -0.4 is 0 Å². The first-order chi connectivity index (χ1) is 6.12. The molecule has 0 atom stereocenters. The van der Waals surface area contributed by atoms with Crippen LogP contribution >= 0.6 is 7.75 Å². The standard InChI is InChI=1S/C5H7N4O3P/c1-4-5(2)12-13(10,11-4)9-3-6-7-8-9/h3H,1-2H3. The lowest BCUT2D eigenvalue weighted by Crippen LogP contribution is -1.98. The van der Waals surface area contributed by atoms with Crippen molar-refractivity contribution in [3.63, 3.8) is 0 Å². The van der Waals surface area contributed by atoms with Crippen LogP contribution in [0, 0.1) is 0 Å². The lowest BCUT2D eigenvalue weighted by atomic mass is 10.5. The van der Waals surface area contributed by atoms with E-state index in [2.05, 4.69) is 15.5 Å². The van der Waals surface area contributed by atoms with Gasteiger partial charge in [-0.3, -0.25) is 0 Å². The molecule has 0 aromatic carbocycles. The predicted octanol–water partition coefficient (Wildman–Crippen LogP) is 0.927. The van der Waals surface area contributed by atoms with Crippen LogP contribution in [0.2, 0.25) is 0 Å². The van der Waals surface area contributed by atoms with Crippen molar-refractivity contribution in [3.8, 4) is 0 Å². The molecule has 2 rings (SSSR count). The molecule has 1 aliphatic rings. The van der Waals surface area contributed by atoms with E-state index in [0.29, 0.717) is 11.5 Å². The fraction of sp³-hybridized carbons (Fsp3) is 0.400. The van der Waals surface area contributed by atoms with E-state index in [1.54, 1.807) is 13.8 Å². The summed E-state index contributed by atoms with van der Waals surface area (Å²) in [6.07, 6.45) is 1.19. The fourth-order valence-electron chi connectivity index (χ4n) is 0.846. The minimum Gasteiger partial charge on any atom is -0.400 e. The number of aromatic nitrogens is 4.